The summed E-state index contributed by atoms with van der Waals surface area (Å²) in [7, 11) is 0. The van der Waals surface area contributed by atoms with Crippen LogP contribution in [0.3, 0.4) is 0 Å². The normalized spacial score (nSPS) is 24.1. The van der Waals surface area contributed by atoms with E-state index in [2.05, 4.69) is 18.3 Å². The zero-order chi connectivity index (χ0) is 12.1. The van der Waals surface area contributed by atoms with E-state index in [4.69, 9.17) is 0 Å². The van der Waals surface area contributed by atoms with Crippen molar-refractivity contribution in [1.29, 1.82) is 0 Å². The zero-order valence-electron chi connectivity index (χ0n) is 10.7. The van der Waals surface area contributed by atoms with Crippen molar-refractivity contribution in [2.75, 3.05) is 0 Å². The van der Waals surface area contributed by atoms with Gasteiger partial charge in [0.05, 0.1) is 6.61 Å². The van der Waals surface area contributed by atoms with Crippen molar-refractivity contribution in [2.45, 2.75) is 51.8 Å². The average Bonchev–Trinajstić information content (AvgIpc) is 2.84. The predicted molar refractivity (Wildman–Crippen MR) is 70.6 cm³/mol. The molecule has 1 aliphatic rings. The molecule has 0 radical (unpaired) electrons. The third-order valence-corrected chi connectivity index (χ3v) is 3.99. The monoisotopic (exact) mass is 233 g/mol. The maximum Gasteiger partial charge on any atom is 0.0685 e. The molecule has 0 bridgehead atoms. The molecule has 0 amide bonds. The van der Waals surface area contributed by atoms with Crippen LogP contribution >= 0.6 is 0 Å². The van der Waals surface area contributed by atoms with Gasteiger partial charge in [0.15, 0.2) is 0 Å². The lowest BCUT2D eigenvalue weighted by atomic mass is 10.1. The third-order valence-electron chi connectivity index (χ3n) is 3.99. The topological polar surface area (TPSA) is 32.3 Å². The van der Waals surface area contributed by atoms with Crippen LogP contribution in [0.4, 0.5) is 0 Å². The highest BCUT2D eigenvalue weighted by atomic mass is 16.3. The van der Waals surface area contributed by atoms with Gasteiger partial charge in [0.25, 0.3) is 0 Å². The Hall–Kier alpha value is -0.860. The van der Waals surface area contributed by atoms with E-state index in [1.54, 1.807) is 0 Å². The smallest absolute Gasteiger partial charge is 0.0685 e. The van der Waals surface area contributed by atoms with E-state index >= 15 is 0 Å². The number of hydrogen-bond donors (Lipinski definition) is 2. The SMILES string of the molecule is CCC1CCC(NCc2ccccc2CO)C1. The summed E-state index contributed by atoms with van der Waals surface area (Å²) in [6, 6.07) is 8.80. The first-order valence-corrected chi connectivity index (χ1v) is 6.74. The molecule has 17 heavy (non-hydrogen) atoms. The molecule has 2 heteroatoms. The lowest BCUT2D eigenvalue weighted by Gasteiger charge is -2.14. The van der Waals surface area contributed by atoms with E-state index < -0.39 is 0 Å². The molecule has 0 heterocycles. The van der Waals surface area contributed by atoms with Crippen LogP contribution in [0.15, 0.2) is 24.3 Å². The Kier molecular flexibility index (Phi) is 4.57. The molecule has 0 aromatic heterocycles. The molecule has 2 unspecified atom stereocenters. The summed E-state index contributed by atoms with van der Waals surface area (Å²) in [5.74, 6) is 0.917. The van der Waals surface area contributed by atoms with Gasteiger partial charge in [-0.25, -0.2) is 0 Å². The van der Waals surface area contributed by atoms with E-state index in [1.165, 1.54) is 31.2 Å². The average molecular weight is 233 g/mol. The molecule has 1 fully saturated rings. The summed E-state index contributed by atoms with van der Waals surface area (Å²) in [5, 5.41) is 12.9. The van der Waals surface area contributed by atoms with Gasteiger partial charge >= 0.3 is 0 Å². The highest BCUT2D eigenvalue weighted by molar-refractivity contribution is 5.26. The van der Waals surface area contributed by atoms with E-state index in [9.17, 15) is 5.11 Å². The van der Waals surface area contributed by atoms with Crippen LogP contribution in [0.2, 0.25) is 0 Å². The summed E-state index contributed by atoms with van der Waals surface area (Å²) in [6.45, 7) is 3.31. The maximum absolute atomic E-state index is 9.26. The van der Waals surface area contributed by atoms with Crippen molar-refractivity contribution in [2.24, 2.45) is 5.92 Å². The minimum atomic E-state index is 0.139. The summed E-state index contributed by atoms with van der Waals surface area (Å²) in [6.07, 6.45) is 5.30. The Bertz CT molecular complexity index is 351. The lowest BCUT2D eigenvalue weighted by molar-refractivity contribution is 0.280. The molecule has 2 nitrogen and oxygen atoms in total. The van der Waals surface area contributed by atoms with Crippen molar-refractivity contribution < 1.29 is 5.11 Å². The number of benzene rings is 1. The molecular weight excluding hydrogens is 210 g/mol. The van der Waals surface area contributed by atoms with Crippen molar-refractivity contribution in [3.63, 3.8) is 0 Å². The van der Waals surface area contributed by atoms with E-state index in [1.807, 2.05) is 18.2 Å². The van der Waals surface area contributed by atoms with Gasteiger partial charge in [-0.1, -0.05) is 37.6 Å². The number of aliphatic hydroxyl groups excluding tert-OH is 1. The molecule has 1 aromatic rings. The van der Waals surface area contributed by atoms with E-state index in [0.717, 1.165) is 18.0 Å². The van der Waals surface area contributed by atoms with Crippen LogP contribution in [0.25, 0.3) is 0 Å². The number of hydrogen-bond acceptors (Lipinski definition) is 2. The van der Waals surface area contributed by atoms with Gasteiger partial charge in [0.1, 0.15) is 0 Å². The van der Waals surface area contributed by atoms with Gasteiger partial charge < -0.3 is 10.4 Å². The molecule has 0 aliphatic heterocycles. The molecule has 94 valence electrons. The summed E-state index contributed by atoms with van der Waals surface area (Å²) in [5.41, 5.74) is 2.28. The molecule has 2 atom stereocenters. The first-order chi connectivity index (χ1) is 8.33. The van der Waals surface area contributed by atoms with E-state index in [0.29, 0.717) is 6.04 Å². The molecule has 1 saturated carbocycles. The Morgan fingerprint density at radius 2 is 2.00 bits per heavy atom. The first kappa shape index (κ1) is 12.6. The van der Waals surface area contributed by atoms with Crippen LogP contribution in [0.1, 0.15) is 43.7 Å². The van der Waals surface area contributed by atoms with Gasteiger partial charge in [0.2, 0.25) is 0 Å². The second kappa shape index (κ2) is 6.18. The number of rotatable bonds is 5. The summed E-state index contributed by atoms with van der Waals surface area (Å²) >= 11 is 0. The van der Waals surface area contributed by atoms with Gasteiger partial charge in [-0.15, -0.1) is 0 Å². The fourth-order valence-corrected chi connectivity index (χ4v) is 2.77. The quantitative estimate of drug-likeness (QED) is 0.819. The zero-order valence-corrected chi connectivity index (χ0v) is 10.7. The Labute approximate surface area is 104 Å². The summed E-state index contributed by atoms with van der Waals surface area (Å²) < 4.78 is 0. The fourth-order valence-electron chi connectivity index (χ4n) is 2.77. The lowest BCUT2D eigenvalue weighted by Crippen LogP contribution is -2.26. The van der Waals surface area contributed by atoms with Crippen LogP contribution in [0.5, 0.6) is 0 Å². The van der Waals surface area contributed by atoms with Gasteiger partial charge in [-0.05, 0) is 36.3 Å². The van der Waals surface area contributed by atoms with Crippen molar-refractivity contribution in [1.82, 2.24) is 5.32 Å². The standard InChI is InChI=1S/C15H23NO/c1-2-12-7-8-15(9-12)16-10-13-5-3-4-6-14(13)11-17/h3-6,12,15-17H,2,7-11H2,1H3. The Morgan fingerprint density at radius 3 is 2.65 bits per heavy atom. The third kappa shape index (κ3) is 3.30. The van der Waals surface area contributed by atoms with Crippen LogP contribution in [0, 0.1) is 5.92 Å². The van der Waals surface area contributed by atoms with Gasteiger partial charge in [-0.3, -0.25) is 0 Å². The molecule has 0 spiro atoms. The largest absolute Gasteiger partial charge is 0.392 e. The molecule has 1 aliphatic carbocycles. The molecular formula is C15H23NO. The van der Waals surface area contributed by atoms with Crippen LogP contribution in [-0.2, 0) is 13.2 Å². The maximum atomic E-state index is 9.26. The second-order valence-corrected chi connectivity index (χ2v) is 5.09. The predicted octanol–water partition coefficient (Wildman–Crippen LogP) is 2.85. The second-order valence-electron chi connectivity index (χ2n) is 5.09. The fraction of sp³-hybridized carbons (Fsp3) is 0.600. The number of aliphatic hydroxyl groups is 1. The summed E-state index contributed by atoms with van der Waals surface area (Å²) in [4.78, 5) is 0. The van der Waals surface area contributed by atoms with Crippen LogP contribution in [-0.4, -0.2) is 11.1 Å². The van der Waals surface area contributed by atoms with Gasteiger partial charge in [-0.2, -0.15) is 0 Å². The molecule has 0 saturated heterocycles. The highest BCUT2D eigenvalue weighted by Gasteiger charge is 2.22. The highest BCUT2D eigenvalue weighted by Crippen LogP contribution is 2.28. The van der Waals surface area contributed by atoms with Crippen molar-refractivity contribution in [3.05, 3.63) is 35.4 Å². The van der Waals surface area contributed by atoms with E-state index in [-0.39, 0.29) is 6.61 Å². The van der Waals surface area contributed by atoms with Crippen LogP contribution < -0.4 is 5.32 Å². The van der Waals surface area contributed by atoms with Gasteiger partial charge in [0, 0.05) is 12.6 Å². The molecule has 2 N–H and O–H groups in total. The van der Waals surface area contributed by atoms with Crippen molar-refractivity contribution in [3.8, 4) is 0 Å². The molecule has 1 aromatic carbocycles. The minimum Gasteiger partial charge on any atom is -0.392 e. The Morgan fingerprint density at radius 1 is 1.24 bits per heavy atom. The molecule has 2 rings (SSSR count). The minimum absolute atomic E-state index is 0.139. The van der Waals surface area contributed by atoms with Crippen molar-refractivity contribution >= 4 is 0 Å². The first-order valence-electron chi connectivity index (χ1n) is 6.74. The Balaban J connectivity index is 1.85. The number of nitrogens with one attached hydrogen (secondary N) is 1.